The van der Waals surface area contributed by atoms with Crippen molar-refractivity contribution in [1.82, 2.24) is 4.13 Å². The van der Waals surface area contributed by atoms with E-state index in [4.69, 9.17) is 4.74 Å². The smallest absolute Gasteiger partial charge is 0.254 e. The Balaban J connectivity index is 0.000000197. The van der Waals surface area contributed by atoms with Gasteiger partial charge in [0.2, 0.25) is 9.79 Å². The number of para-hydroxylation sites is 2. The Bertz CT molecular complexity index is 2020. The average molecular weight is 701 g/mol. The van der Waals surface area contributed by atoms with E-state index in [1.54, 1.807) is 18.2 Å². The molecule has 0 unspecified atom stereocenters. The Morgan fingerprint density at radius 1 is 0.542 bits per heavy atom. The second kappa shape index (κ2) is 14.7. The standard InChI is InChI=1S/C21H29NO4S2.C18H13OS/c1-14(2)17-12-19(15(3)4)21(20(13-17)16(5)6)28(25,26)22-27(23,24)18-10-8-7-9-11-18;1-2-8-14(9-3-1)20-17-12-6-4-10-15(17)19-16-11-5-7-13-18(16)20/h7-16,22H,1-6H3;1-13H/q;+1. The molecule has 48 heavy (non-hydrogen) atoms. The van der Waals surface area contributed by atoms with Gasteiger partial charge < -0.3 is 4.74 Å². The molecule has 1 aliphatic rings. The van der Waals surface area contributed by atoms with Crippen LogP contribution in [0.5, 0.6) is 11.5 Å². The second-order valence-electron chi connectivity index (χ2n) is 12.5. The molecule has 250 valence electrons. The first-order valence-electron chi connectivity index (χ1n) is 16.0. The van der Waals surface area contributed by atoms with Gasteiger partial charge in [-0.25, -0.2) is 16.8 Å². The van der Waals surface area contributed by atoms with Crippen molar-refractivity contribution in [1.29, 1.82) is 0 Å². The topological polar surface area (TPSA) is 89.5 Å². The molecule has 1 aliphatic heterocycles. The van der Waals surface area contributed by atoms with E-state index in [0.29, 0.717) is 11.1 Å². The van der Waals surface area contributed by atoms with Gasteiger partial charge in [-0.2, -0.15) is 0 Å². The van der Waals surface area contributed by atoms with Crippen molar-refractivity contribution in [3.8, 4) is 11.5 Å². The van der Waals surface area contributed by atoms with Crippen LogP contribution in [0.4, 0.5) is 0 Å². The molecule has 9 heteroatoms. The minimum absolute atomic E-state index is 0.0707. The molecule has 0 saturated heterocycles. The molecule has 0 aliphatic carbocycles. The number of benzene rings is 5. The first-order chi connectivity index (χ1) is 22.8. The van der Waals surface area contributed by atoms with Crippen LogP contribution in [0.2, 0.25) is 0 Å². The maximum atomic E-state index is 13.3. The van der Waals surface area contributed by atoms with E-state index < -0.39 is 20.0 Å². The van der Waals surface area contributed by atoms with Gasteiger partial charge in [0.15, 0.2) is 16.4 Å². The van der Waals surface area contributed by atoms with Gasteiger partial charge in [-0.3, -0.25) is 0 Å². The number of sulfonamides is 2. The number of ether oxygens (including phenoxy) is 1. The highest BCUT2D eigenvalue weighted by Gasteiger charge is 2.38. The highest BCUT2D eigenvalue weighted by atomic mass is 32.3. The van der Waals surface area contributed by atoms with Crippen LogP contribution in [0.25, 0.3) is 0 Å². The monoisotopic (exact) mass is 700 g/mol. The summed E-state index contributed by atoms with van der Waals surface area (Å²) in [5.41, 5.74) is 2.30. The minimum Gasteiger partial charge on any atom is -0.447 e. The summed E-state index contributed by atoms with van der Waals surface area (Å²) in [4.78, 5) is 3.83. The molecule has 0 fully saturated rings. The predicted molar refractivity (Wildman–Crippen MR) is 194 cm³/mol. The van der Waals surface area contributed by atoms with Crippen molar-refractivity contribution in [3.05, 3.63) is 138 Å². The summed E-state index contributed by atoms with van der Waals surface area (Å²) < 4.78 is 59.8. The van der Waals surface area contributed by atoms with Crippen LogP contribution in [0.15, 0.2) is 146 Å². The molecule has 0 aromatic heterocycles. The largest absolute Gasteiger partial charge is 0.447 e. The second-order valence-corrected chi connectivity index (χ2v) is 18.0. The fourth-order valence-corrected chi connectivity index (χ4v) is 11.3. The zero-order valence-electron chi connectivity index (χ0n) is 28.0. The molecule has 6 rings (SSSR count). The van der Waals surface area contributed by atoms with Crippen LogP contribution in [0.1, 0.15) is 76.0 Å². The van der Waals surface area contributed by atoms with Gasteiger partial charge in [0.25, 0.3) is 20.0 Å². The van der Waals surface area contributed by atoms with Crippen molar-refractivity contribution in [2.75, 3.05) is 0 Å². The molecule has 0 saturated carbocycles. The molecular weight excluding hydrogens is 659 g/mol. The number of hydrogen-bond donors (Lipinski definition) is 1. The Hall–Kier alpha value is -3.89. The van der Waals surface area contributed by atoms with Crippen LogP contribution in [0.3, 0.4) is 0 Å². The van der Waals surface area contributed by atoms with E-state index >= 15 is 0 Å². The number of fused-ring (bicyclic) bond motifs is 2. The maximum absolute atomic E-state index is 13.3. The van der Waals surface area contributed by atoms with Gasteiger partial charge in [0, 0.05) is 0 Å². The van der Waals surface area contributed by atoms with Crippen LogP contribution < -0.4 is 8.86 Å². The molecule has 6 nitrogen and oxygen atoms in total. The van der Waals surface area contributed by atoms with Crippen molar-refractivity contribution >= 4 is 30.9 Å². The van der Waals surface area contributed by atoms with E-state index in [9.17, 15) is 16.8 Å². The van der Waals surface area contributed by atoms with Crippen LogP contribution in [0, 0.1) is 0 Å². The number of nitrogens with one attached hydrogen (secondary N) is 1. The Labute approximate surface area is 288 Å². The predicted octanol–water partition coefficient (Wildman–Crippen LogP) is 9.61. The summed E-state index contributed by atoms with van der Waals surface area (Å²) in [5, 5.41) is 0. The summed E-state index contributed by atoms with van der Waals surface area (Å²) >= 11 is 0. The van der Waals surface area contributed by atoms with Gasteiger partial charge in [0.05, 0.1) is 9.79 Å². The average Bonchev–Trinajstić information content (AvgIpc) is 3.07. The van der Waals surface area contributed by atoms with E-state index in [2.05, 4.69) is 68.4 Å². The molecule has 5 aromatic carbocycles. The van der Waals surface area contributed by atoms with Gasteiger partial charge in [-0.15, -0.1) is 4.13 Å². The Morgan fingerprint density at radius 2 is 0.979 bits per heavy atom. The third-order valence-corrected chi connectivity index (χ3v) is 13.9. The highest BCUT2D eigenvalue weighted by molar-refractivity contribution is 8.04. The number of rotatable bonds is 8. The highest BCUT2D eigenvalue weighted by Crippen LogP contribution is 2.46. The summed E-state index contributed by atoms with van der Waals surface area (Å²) in [6, 6.07) is 38.6. The van der Waals surface area contributed by atoms with Crippen molar-refractivity contribution in [2.45, 2.75) is 83.8 Å². The molecular formula is C39H42NO5S3+. The third kappa shape index (κ3) is 7.70. The molecule has 1 heterocycles. The molecule has 0 bridgehead atoms. The van der Waals surface area contributed by atoms with E-state index in [1.807, 2.05) is 68.2 Å². The number of hydrogen-bond acceptors (Lipinski definition) is 5. The van der Waals surface area contributed by atoms with Crippen molar-refractivity contribution in [3.63, 3.8) is 0 Å². The molecule has 0 spiro atoms. The Morgan fingerprint density at radius 3 is 1.44 bits per heavy atom. The lowest BCUT2D eigenvalue weighted by molar-refractivity contribution is 0.453. The quantitative estimate of drug-likeness (QED) is 0.160. The van der Waals surface area contributed by atoms with Gasteiger partial charge in [-0.05, 0) is 83.0 Å². The lowest BCUT2D eigenvalue weighted by Crippen LogP contribution is -2.32. The summed E-state index contributed by atoms with van der Waals surface area (Å²) in [5.74, 6) is 2.01. The fourth-order valence-electron chi connectivity index (χ4n) is 5.49. The third-order valence-electron chi connectivity index (χ3n) is 7.96. The van der Waals surface area contributed by atoms with E-state index in [-0.39, 0.29) is 38.4 Å². The van der Waals surface area contributed by atoms with Crippen LogP contribution in [-0.2, 0) is 30.9 Å². The first kappa shape index (κ1) is 35.4. The van der Waals surface area contributed by atoms with E-state index in [1.165, 1.54) is 26.8 Å². The minimum atomic E-state index is -4.30. The maximum Gasteiger partial charge on any atom is 0.254 e. The Kier molecular flexibility index (Phi) is 10.8. The fraction of sp³-hybridized carbons (Fsp3) is 0.231. The molecule has 0 amide bonds. The molecule has 0 radical (unpaired) electrons. The van der Waals surface area contributed by atoms with Gasteiger partial charge >= 0.3 is 0 Å². The van der Waals surface area contributed by atoms with Crippen molar-refractivity contribution < 1.29 is 21.6 Å². The van der Waals surface area contributed by atoms with Gasteiger partial charge in [0.1, 0.15) is 10.9 Å². The first-order valence-corrected chi connectivity index (χ1v) is 20.2. The van der Waals surface area contributed by atoms with Crippen LogP contribution >= 0.6 is 0 Å². The van der Waals surface area contributed by atoms with Crippen molar-refractivity contribution in [2.24, 2.45) is 0 Å². The van der Waals surface area contributed by atoms with Crippen LogP contribution in [-0.4, -0.2) is 16.8 Å². The SMILES string of the molecule is CC(C)c1cc(C(C)C)c(S(=O)(=O)NS(=O)(=O)c2ccccc2)c(C(C)C)c1.c1ccc([S+]2c3ccccc3Oc3ccccc32)cc1. The molecule has 0 atom stereocenters. The molecule has 5 aromatic rings. The van der Waals surface area contributed by atoms with Gasteiger partial charge in [-0.1, -0.05) is 114 Å². The normalized spacial score (nSPS) is 13.0. The lowest BCUT2D eigenvalue weighted by Gasteiger charge is -2.22. The van der Waals surface area contributed by atoms with E-state index in [0.717, 1.165) is 17.1 Å². The summed E-state index contributed by atoms with van der Waals surface area (Å²) in [7, 11) is -8.60. The summed E-state index contributed by atoms with van der Waals surface area (Å²) in [6.45, 7) is 11.7. The zero-order chi connectivity index (χ0) is 34.6. The zero-order valence-corrected chi connectivity index (χ0v) is 30.5. The summed E-state index contributed by atoms with van der Waals surface area (Å²) in [6.07, 6.45) is 0. The lowest BCUT2D eigenvalue weighted by atomic mass is 9.89. The molecule has 1 N–H and O–H groups in total.